The number of carbonyl (C=O) groups is 1. The third kappa shape index (κ3) is 4.57. The first-order valence-corrected chi connectivity index (χ1v) is 6.38. The van der Waals surface area contributed by atoms with Crippen LogP contribution >= 0.6 is 24.8 Å². The molecule has 0 aromatic heterocycles. The molecular weight excluding hydrogens is 273 g/mol. The number of amides is 1. The summed E-state index contributed by atoms with van der Waals surface area (Å²) in [6.07, 6.45) is 3.07. The van der Waals surface area contributed by atoms with Gasteiger partial charge in [-0.25, -0.2) is 0 Å². The summed E-state index contributed by atoms with van der Waals surface area (Å²) in [6, 6.07) is 0.798. The van der Waals surface area contributed by atoms with E-state index in [0.29, 0.717) is 24.4 Å². The van der Waals surface area contributed by atoms with E-state index in [0.717, 1.165) is 32.6 Å². The van der Waals surface area contributed by atoms with Gasteiger partial charge in [-0.3, -0.25) is 4.79 Å². The molecule has 6 heteroatoms. The zero-order valence-electron chi connectivity index (χ0n) is 11.2. The molecule has 108 valence electrons. The maximum absolute atomic E-state index is 12.1. The summed E-state index contributed by atoms with van der Waals surface area (Å²) < 4.78 is 0. The Hall–Kier alpha value is -0.0300. The number of halogens is 2. The number of likely N-dealkylation sites (N-methyl/N-ethyl adjacent to an activating group) is 1. The summed E-state index contributed by atoms with van der Waals surface area (Å²) in [5, 5.41) is 3.39. The highest BCUT2D eigenvalue weighted by atomic mass is 35.5. The fraction of sp³-hybridized carbons (Fsp3) is 0.917. The van der Waals surface area contributed by atoms with E-state index >= 15 is 0 Å². The van der Waals surface area contributed by atoms with Crippen molar-refractivity contribution in [3.63, 3.8) is 0 Å². The molecule has 4 nitrogen and oxygen atoms in total. The quantitative estimate of drug-likeness (QED) is 0.830. The number of hydrogen-bond donors (Lipinski definition) is 1. The van der Waals surface area contributed by atoms with Crippen LogP contribution in [0.5, 0.6) is 0 Å². The molecule has 2 rings (SSSR count). The van der Waals surface area contributed by atoms with Crippen molar-refractivity contribution in [1.82, 2.24) is 15.1 Å². The SMILES string of the molecule is CC1CN(C)CCN1C(=O)CC1CCCN1.Cl.Cl. The Bertz CT molecular complexity index is 260. The summed E-state index contributed by atoms with van der Waals surface area (Å²) in [5.74, 6) is 0.333. The molecule has 0 bridgehead atoms. The van der Waals surface area contributed by atoms with Gasteiger partial charge in [-0.05, 0) is 33.4 Å². The lowest BCUT2D eigenvalue weighted by molar-refractivity contribution is -0.135. The Morgan fingerprint density at radius 2 is 2.06 bits per heavy atom. The van der Waals surface area contributed by atoms with E-state index in [4.69, 9.17) is 0 Å². The van der Waals surface area contributed by atoms with E-state index < -0.39 is 0 Å². The number of nitrogens with one attached hydrogen (secondary N) is 1. The van der Waals surface area contributed by atoms with Crippen molar-refractivity contribution < 1.29 is 4.79 Å². The second-order valence-electron chi connectivity index (χ2n) is 5.20. The molecule has 2 unspecified atom stereocenters. The maximum atomic E-state index is 12.1. The van der Waals surface area contributed by atoms with Crippen LogP contribution in [0.4, 0.5) is 0 Å². The first-order valence-electron chi connectivity index (χ1n) is 6.38. The molecule has 2 aliphatic rings. The van der Waals surface area contributed by atoms with Gasteiger partial charge >= 0.3 is 0 Å². The molecule has 0 aromatic carbocycles. The van der Waals surface area contributed by atoms with Gasteiger partial charge in [0, 0.05) is 38.1 Å². The molecule has 2 atom stereocenters. The maximum Gasteiger partial charge on any atom is 0.224 e. The minimum atomic E-state index is 0. The fourth-order valence-corrected chi connectivity index (χ4v) is 2.77. The number of rotatable bonds is 2. The van der Waals surface area contributed by atoms with E-state index in [-0.39, 0.29) is 24.8 Å². The van der Waals surface area contributed by atoms with Crippen molar-refractivity contribution in [3.8, 4) is 0 Å². The van der Waals surface area contributed by atoms with Crippen LogP contribution in [-0.2, 0) is 4.79 Å². The Balaban J connectivity index is 0.00000144. The van der Waals surface area contributed by atoms with Crippen LogP contribution in [0.2, 0.25) is 0 Å². The van der Waals surface area contributed by atoms with Gasteiger partial charge in [-0.15, -0.1) is 24.8 Å². The fourth-order valence-electron chi connectivity index (χ4n) is 2.77. The zero-order chi connectivity index (χ0) is 11.5. The molecular formula is C12H25Cl2N3O. The van der Waals surface area contributed by atoms with E-state index in [1.165, 1.54) is 6.42 Å². The molecule has 18 heavy (non-hydrogen) atoms. The van der Waals surface area contributed by atoms with Gasteiger partial charge in [0.15, 0.2) is 0 Å². The summed E-state index contributed by atoms with van der Waals surface area (Å²) in [4.78, 5) is 16.5. The Labute approximate surface area is 122 Å². The van der Waals surface area contributed by atoms with Crippen molar-refractivity contribution >= 4 is 30.7 Å². The highest BCUT2D eigenvalue weighted by Crippen LogP contribution is 2.14. The molecule has 0 aromatic rings. The normalized spacial score (nSPS) is 28.4. The van der Waals surface area contributed by atoms with Gasteiger partial charge in [0.05, 0.1) is 0 Å². The number of nitrogens with zero attached hydrogens (tertiary/aromatic N) is 2. The predicted molar refractivity (Wildman–Crippen MR) is 78.8 cm³/mol. The molecule has 2 heterocycles. The van der Waals surface area contributed by atoms with Crippen LogP contribution < -0.4 is 5.32 Å². The molecule has 1 N–H and O–H groups in total. The smallest absolute Gasteiger partial charge is 0.224 e. The predicted octanol–water partition coefficient (Wildman–Crippen LogP) is 1.13. The molecule has 0 aliphatic carbocycles. The number of carbonyl (C=O) groups excluding carboxylic acids is 1. The highest BCUT2D eigenvalue weighted by molar-refractivity contribution is 5.85. The van der Waals surface area contributed by atoms with Crippen LogP contribution in [0, 0.1) is 0 Å². The van der Waals surface area contributed by atoms with E-state index in [1.54, 1.807) is 0 Å². The van der Waals surface area contributed by atoms with Crippen molar-refractivity contribution in [2.24, 2.45) is 0 Å². The second-order valence-corrected chi connectivity index (χ2v) is 5.20. The molecule has 2 saturated heterocycles. The van der Waals surface area contributed by atoms with E-state index in [9.17, 15) is 4.79 Å². The zero-order valence-corrected chi connectivity index (χ0v) is 12.9. The highest BCUT2D eigenvalue weighted by Gasteiger charge is 2.27. The minimum Gasteiger partial charge on any atom is -0.337 e. The molecule has 2 fully saturated rings. The summed E-state index contributed by atoms with van der Waals surface area (Å²) in [6.45, 7) is 6.13. The average molecular weight is 298 g/mol. The van der Waals surface area contributed by atoms with Crippen LogP contribution in [0.15, 0.2) is 0 Å². The van der Waals surface area contributed by atoms with Crippen molar-refractivity contribution in [2.75, 3.05) is 33.2 Å². The molecule has 0 radical (unpaired) electrons. The summed E-state index contributed by atoms with van der Waals surface area (Å²) >= 11 is 0. The first-order chi connectivity index (χ1) is 7.66. The summed E-state index contributed by atoms with van der Waals surface area (Å²) in [5.41, 5.74) is 0. The van der Waals surface area contributed by atoms with Crippen molar-refractivity contribution in [2.45, 2.75) is 38.3 Å². The van der Waals surface area contributed by atoms with Gasteiger partial charge in [0.2, 0.25) is 5.91 Å². The van der Waals surface area contributed by atoms with Crippen molar-refractivity contribution in [3.05, 3.63) is 0 Å². The minimum absolute atomic E-state index is 0. The number of piperazine rings is 1. The Kier molecular flexibility index (Phi) is 8.19. The second kappa shape index (κ2) is 8.20. The van der Waals surface area contributed by atoms with E-state index in [2.05, 4.69) is 29.1 Å². The first kappa shape index (κ1) is 18.0. The molecule has 2 aliphatic heterocycles. The van der Waals surface area contributed by atoms with Gasteiger partial charge in [-0.2, -0.15) is 0 Å². The lowest BCUT2D eigenvalue weighted by Gasteiger charge is -2.38. The van der Waals surface area contributed by atoms with Gasteiger partial charge in [0.1, 0.15) is 0 Å². The van der Waals surface area contributed by atoms with E-state index in [1.807, 2.05) is 0 Å². The Morgan fingerprint density at radius 3 is 2.61 bits per heavy atom. The monoisotopic (exact) mass is 297 g/mol. The van der Waals surface area contributed by atoms with Gasteiger partial charge < -0.3 is 15.1 Å². The third-order valence-electron chi connectivity index (χ3n) is 3.73. The molecule has 1 amide bonds. The van der Waals surface area contributed by atoms with Gasteiger partial charge in [0.25, 0.3) is 0 Å². The topological polar surface area (TPSA) is 35.6 Å². The van der Waals surface area contributed by atoms with Crippen LogP contribution in [0.25, 0.3) is 0 Å². The third-order valence-corrected chi connectivity index (χ3v) is 3.73. The average Bonchev–Trinajstić information content (AvgIpc) is 2.70. The van der Waals surface area contributed by atoms with Crippen molar-refractivity contribution in [1.29, 1.82) is 0 Å². The lowest BCUT2D eigenvalue weighted by atomic mass is 10.1. The molecule has 0 saturated carbocycles. The summed E-state index contributed by atoms with van der Waals surface area (Å²) in [7, 11) is 2.12. The van der Waals surface area contributed by atoms with Crippen LogP contribution in [0.1, 0.15) is 26.2 Å². The largest absolute Gasteiger partial charge is 0.337 e. The van der Waals surface area contributed by atoms with Gasteiger partial charge in [-0.1, -0.05) is 0 Å². The lowest BCUT2D eigenvalue weighted by Crippen LogP contribution is -2.53. The standard InChI is InChI=1S/C12H23N3O.2ClH/c1-10-9-14(2)6-7-15(10)12(16)8-11-4-3-5-13-11;;/h10-11,13H,3-9H2,1-2H3;2*1H. The number of hydrogen-bond acceptors (Lipinski definition) is 3. The van der Waals surface area contributed by atoms with Crippen LogP contribution in [-0.4, -0.2) is 61.0 Å². The van der Waals surface area contributed by atoms with Crippen LogP contribution in [0.3, 0.4) is 0 Å². The molecule has 0 spiro atoms. The Morgan fingerprint density at radius 1 is 1.33 bits per heavy atom.